The molecule has 0 bridgehead atoms. The quantitative estimate of drug-likeness (QED) is 0.409. The lowest BCUT2D eigenvalue weighted by Gasteiger charge is -2.19. The van der Waals surface area contributed by atoms with Crippen molar-refractivity contribution in [3.05, 3.63) is 90.3 Å². The average Bonchev–Trinajstić information content (AvgIpc) is 3.40. The van der Waals surface area contributed by atoms with Gasteiger partial charge in [0.2, 0.25) is 5.91 Å². The molecule has 162 valence electrons. The normalized spacial score (nSPS) is 16.1. The number of aryl methyl sites for hydroxylation is 2. The smallest absolute Gasteiger partial charge is 0.227 e. The van der Waals surface area contributed by atoms with Gasteiger partial charge in [0.05, 0.1) is 23.8 Å². The second kappa shape index (κ2) is 8.87. The van der Waals surface area contributed by atoms with Gasteiger partial charge in [-0.3, -0.25) is 4.79 Å². The number of fused-ring (bicyclic) bond motifs is 1. The lowest BCUT2D eigenvalue weighted by Crippen LogP contribution is -2.25. The van der Waals surface area contributed by atoms with Gasteiger partial charge in [0.1, 0.15) is 11.6 Å². The molecular weight excluding hydrogens is 398 g/mol. The standard InChI is InChI=1S/C27H27N3O2/c1-32-25-16-8-7-15-24(25)30-19-21(18-26(30)31)27-28-22-13-5-6-14-23(22)29(27)17-9-12-20-10-3-2-4-11-20/h2-8,10-11,13-16,21H,9,12,17-19H2,1H3. The predicted octanol–water partition coefficient (Wildman–Crippen LogP) is 5.20. The molecule has 1 amide bonds. The van der Waals surface area contributed by atoms with Crippen LogP contribution >= 0.6 is 0 Å². The van der Waals surface area contributed by atoms with Crippen molar-refractivity contribution in [2.24, 2.45) is 0 Å². The summed E-state index contributed by atoms with van der Waals surface area (Å²) in [5, 5.41) is 0. The van der Waals surface area contributed by atoms with Gasteiger partial charge in [0, 0.05) is 25.4 Å². The zero-order chi connectivity index (χ0) is 21.9. The molecule has 4 aromatic rings. The van der Waals surface area contributed by atoms with Crippen molar-refractivity contribution in [3.63, 3.8) is 0 Å². The minimum atomic E-state index is 0.0523. The number of ether oxygens (including phenoxy) is 1. The maximum atomic E-state index is 13.0. The van der Waals surface area contributed by atoms with Gasteiger partial charge in [0.15, 0.2) is 0 Å². The predicted molar refractivity (Wildman–Crippen MR) is 127 cm³/mol. The first-order valence-corrected chi connectivity index (χ1v) is 11.2. The van der Waals surface area contributed by atoms with Gasteiger partial charge in [-0.05, 0) is 42.7 Å². The minimum absolute atomic E-state index is 0.0523. The first kappa shape index (κ1) is 20.3. The van der Waals surface area contributed by atoms with Crippen molar-refractivity contribution >= 4 is 22.6 Å². The highest BCUT2D eigenvalue weighted by Gasteiger charge is 2.35. The molecule has 2 heterocycles. The number of hydrogen-bond acceptors (Lipinski definition) is 3. The van der Waals surface area contributed by atoms with Crippen LogP contribution in [0.1, 0.15) is 30.1 Å². The van der Waals surface area contributed by atoms with E-state index in [1.165, 1.54) is 5.56 Å². The summed E-state index contributed by atoms with van der Waals surface area (Å²) in [7, 11) is 1.64. The van der Waals surface area contributed by atoms with Crippen LogP contribution in [-0.2, 0) is 17.8 Å². The second-order valence-corrected chi connectivity index (χ2v) is 8.28. The van der Waals surface area contributed by atoms with Gasteiger partial charge in [-0.1, -0.05) is 54.6 Å². The molecule has 0 aliphatic carbocycles. The Hall–Kier alpha value is -3.60. The number of aromatic nitrogens is 2. The van der Waals surface area contributed by atoms with Crippen molar-refractivity contribution in [1.82, 2.24) is 9.55 Å². The largest absolute Gasteiger partial charge is 0.495 e. The van der Waals surface area contributed by atoms with Crippen molar-refractivity contribution in [2.75, 3.05) is 18.6 Å². The van der Waals surface area contributed by atoms with Gasteiger partial charge >= 0.3 is 0 Å². The van der Waals surface area contributed by atoms with E-state index in [4.69, 9.17) is 9.72 Å². The second-order valence-electron chi connectivity index (χ2n) is 8.28. The molecule has 3 aromatic carbocycles. The zero-order valence-corrected chi connectivity index (χ0v) is 18.3. The van der Waals surface area contributed by atoms with Gasteiger partial charge in [-0.25, -0.2) is 4.98 Å². The third kappa shape index (κ3) is 3.86. The topological polar surface area (TPSA) is 47.4 Å². The van der Waals surface area contributed by atoms with E-state index in [0.717, 1.165) is 47.7 Å². The van der Waals surface area contributed by atoms with E-state index in [0.29, 0.717) is 13.0 Å². The van der Waals surface area contributed by atoms with Gasteiger partial charge in [0.25, 0.3) is 0 Å². The molecule has 0 radical (unpaired) electrons. The van der Waals surface area contributed by atoms with E-state index < -0.39 is 0 Å². The van der Waals surface area contributed by atoms with E-state index >= 15 is 0 Å². The summed E-state index contributed by atoms with van der Waals surface area (Å²) in [5.74, 6) is 1.89. The van der Waals surface area contributed by atoms with Crippen LogP contribution in [0.2, 0.25) is 0 Å². The van der Waals surface area contributed by atoms with E-state index in [1.54, 1.807) is 7.11 Å². The Morgan fingerprint density at radius 2 is 1.72 bits per heavy atom. The molecule has 0 spiro atoms. The Labute approximate surface area is 188 Å². The van der Waals surface area contributed by atoms with Crippen LogP contribution in [0.3, 0.4) is 0 Å². The summed E-state index contributed by atoms with van der Waals surface area (Å²) >= 11 is 0. The molecule has 5 nitrogen and oxygen atoms in total. The minimum Gasteiger partial charge on any atom is -0.495 e. The molecule has 1 saturated heterocycles. The number of methoxy groups -OCH3 is 1. The fourth-order valence-electron chi connectivity index (χ4n) is 4.69. The Bertz CT molecular complexity index is 1230. The summed E-state index contributed by atoms with van der Waals surface area (Å²) in [6, 6.07) is 26.5. The molecule has 5 heteroatoms. The average molecular weight is 426 g/mol. The number of benzene rings is 3. The van der Waals surface area contributed by atoms with Gasteiger partial charge in [-0.2, -0.15) is 0 Å². The molecule has 1 fully saturated rings. The number of amides is 1. The molecule has 1 aromatic heterocycles. The van der Waals surface area contributed by atoms with E-state index in [2.05, 4.69) is 53.1 Å². The first-order valence-electron chi connectivity index (χ1n) is 11.2. The Morgan fingerprint density at radius 3 is 2.56 bits per heavy atom. The van der Waals surface area contributed by atoms with E-state index in [9.17, 15) is 4.79 Å². The zero-order valence-electron chi connectivity index (χ0n) is 18.3. The number of rotatable bonds is 7. The lowest BCUT2D eigenvalue weighted by atomic mass is 10.1. The van der Waals surface area contributed by atoms with Crippen LogP contribution in [0.25, 0.3) is 11.0 Å². The molecule has 1 atom stereocenters. The molecule has 1 aliphatic heterocycles. The first-order chi connectivity index (χ1) is 15.7. The lowest BCUT2D eigenvalue weighted by molar-refractivity contribution is -0.117. The molecule has 1 unspecified atom stereocenters. The van der Waals surface area contributed by atoms with Crippen LogP contribution in [0.5, 0.6) is 5.75 Å². The SMILES string of the molecule is COc1ccccc1N1CC(c2nc3ccccc3n2CCCc2ccccc2)CC1=O. The van der Waals surface area contributed by atoms with Crippen LogP contribution in [0.15, 0.2) is 78.9 Å². The van der Waals surface area contributed by atoms with Crippen LogP contribution in [-0.4, -0.2) is 29.1 Å². The van der Waals surface area contributed by atoms with E-state index in [1.807, 2.05) is 35.2 Å². The van der Waals surface area contributed by atoms with Crippen molar-refractivity contribution in [2.45, 2.75) is 31.7 Å². The Morgan fingerprint density at radius 1 is 0.969 bits per heavy atom. The molecule has 32 heavy (non-hydrogen) atoms. The summed E-state index contributed by atoms with van der Waals surface area (Å²) < 4.78 is 7.82. The van der Waals surface area contributed by atoms with Crippen LogP contribution in [0.4, 0.5) is 5.69 Å². The number of anilines is 1. The number of hydrogen-bond donors (Lipinski definition) is 0. The molecule has 0 N–H and O–H groups in total. The fraction of sp³-hybridized carbons (Fsp3) is 0.259. The summed E-state index contributed by atoms with van der Waals surface area (Å²) in [5.41, 5.74) is 4.30. The monoisotopic (exact) mass is 425 g/mol. The van der Waals surface area contributed by atoms with E-state index in [-0.39, 0.29) is 11.8 Å². The Kier molecular flexibility index (Phi) is 5.63. The highest BCUT2D eigenvalue weighted by atomic mass is 16.5. The molecular formula is C27H27N3O2. The maximum Gasteiger partial charge on any atom is 0.227 e. The molecule has 5 rings (SSSR count). The molecule has 1 aliphatic rings. The third-order valence-corrected chi connectivity index (χ3v) is 6.24. The number of nitrogens with zero attached hydrogens (tertiary/aromatic N) is 3. The fourth-order valence-corrected chi connectivity index (χ4v) is 4.69. The summed E-state index contributed by atoms with van der Waals surface area (Å²) in [6.07, 6.45) is 2.50. The summed E-state index contributed by atoms with van der Waals surface area (Å²) in [4.78, 5) is 19.8. The van der Waals surface area contributed by atoms with Crippen molar-refractivity contribution in [3.8, 4) is 5.75 Å². The van der Waals surface area contributed by atoms with Crippen LogP contribution < -0.4 is 9.64 Å². The highest BCUT2D eigenvalue weighted by Crippen LogP contribution is 2.37. The molecule has 0 saturated carbocycles. The number of carbonyl (C=O) groups excluding carboxylic acids is 1. The Balaban J connectivity index is 1.42. The third-order valence-electron chi connectivity index (χ3n) is 6.24. The number of para-hydroxylation sites is 4. The number of imidazole rings is 1. The van der Waals surface area contributed by atoms with Crippen molar-refractivity contribution in [1.29, 1.82) is 0 Å². The number of carbonyl (C=O) groups is 1. The van der Waals surface area contributed by atoms with Crippen molar-refractivity contribution < 1.29 is 9.53 Å². The highest BCUT2D eigenvalue weighted by molar-refractivity contribution is 5.97. The summed E-state index contributed by atoms with van der Waals surface area (Å²) in [6.45, 7) is 1.49. The van der Waals surface area contributed by atoms with Crippen LogP contribution in [0, 0.1) is 0 Å². The van der Waals surface area contributed by atoms with Gasteiger partial charge < -0.3 is 14.2 Å². The maximum absolute atomic E-state index is 13.0. The van der Waals surface area contributed by atoms with Gasteiger partial charge in [-0.15, -0.1) is 0 Å².